The molecule has 0 aromatic rings. The molecule has 1 aliphatic heterocycles. The maximum Gasteiger partial charge on any atom is 0.0985 e. The molecule has 0 aromatic heterocycles. The van der Waals surface area contributed by atoms with Crippen LogP contribution in [0.25, 0.3) is 0 Å². The summed E-state index contributed by atoms with van der Waals surface area (Å²) >= 11 is 0. The summed E-state index contributed by atoms with van der Waals surface area (Å²) in [5, 5.41) is 0. The van der Waals surface area contributed by atoms with E-state index < -0.39 is 0 Å². The molecule has 1 heterocycles. The van der Waals surface area contributed by atoms with E-state index in [-0.39, 0.29) is 17.0 Å². The van der Waals surface area contributed by atoms with Crippen molar-refractivity contribution in [2.45, 2.75) is 0 Å². The Bertz CT molecular complexity index is 131. The lowest BCUT2D eigenvalue weighted by Crippen LogP contribution is -3.00. The van der Waals surface area contributed by atoms with Crippen molar-refractivity contribution in [1.29, 1.82) is 0 Å². The first kappa shape index (κ1) is 8.66. The summed E-state index contributed by atoms with van der Waals surface area (Å²) < 4.78 is 0. The van der Waals surface area contributed by atoms with Crippen molar-refractivity contribution in [3.05, 3.63) is 36.7 Å². The molecular formula is C7H10BrN. The van der Waals surface area contributed by atoms with Gasteiger partial charge in [0.05, 0.1) is 19.4 Å². The monoisotopic (exact) mass is 187 g/mol. The summed E-state index contributed by atoms with van der Waals surface area (Å²) in [6.45, 7) is 0. The minimum Gasteiger partial charge on any atom is -1.00 e. The highest BCUT2D eigenvalue weighted by atomic mass is 79.9. The molecule has 0 atom stereocenters. The summed E-state index contributed by atoms with van der Waals surface area (Å²) in [7, 11) is 2.08. The maximum absolute atomic E-state index is 2.08. The lowest BCUT2D eigenvalue weighted by Gasteiger charge is -1.94. The Balaban J connectivity index is 0.000000640. The first-order valence-electron chi connectivity index (χ1n) is 2.74. The lowest BCUT2D eigenvalue weighted by molar-refractivity contribution is -0.765. The molecule has 50 valence electrons. The molecule has 0 radical (unpaired) electrons. The zero-order valence-corrected chi connectivity index (χ0v) is 6.93. The van der Waals surface area contributed by atoms with Crippen molar-refractivity contribution >= 4 is 0 Å². The van der Waals surface area contributed by atoms with Crippen LogP contribution in [0.5, 0.6) is 0 Å². The Hall–Kier alpha value is -0.340. The van der Waals surface area contributed by atoms with Crippen LogP contribution in [0, 0.1) is 0 Å². The van der Waals surface area contributed by atoms with Crippen molar-refractivity contribution in [3.63, 3.8) is 0 Å². The molecule has 0 fully saturated rings. The fourth-order valence-corrected chi connectivity index (χ4v) is 0.599. The van der Waals surface area contributed by atoms with Crippen molar-refractivity contribution < 1.29 is 21.9 Å². The number of quaternary nitrogens is 1. The molecule has 0 bridgehead atoms. The Kier molecular flexibility index (Phi) is 4.36. The van der Waals surface area contributed by atoms with Crippen LogP contribution in [0.1, 0.15) is 0 Å². The maximum atomic E-state index is 2.08. The van der Waals surface area contributed by atoms with Crippen LogP contribution in [0.3, 0.4) is 0 Å². The van der Waals surface area contributed by atoms with E-state index in [1.807, 2.05) is 24.3 Å². The molecule has 0 spiro atoms. The Morgan fingerprint density at radius 1 is 0.889 bits per heavy atom. The van der Waals surface area contributed by atoms with Crippen molar-refractivity contribution in [1.82, 2.24) is 0 Å². The SMILES string of the molecule is C[NH+]1C=CC=CC=C1.[Br-]. The topological polar surface area (TPSA) is 4.44 Å². The standard InChI is InChI=1S/C7H9N.BrH/c1-8-6-4-2-3-5-7-8;/h2-7H,1H3;1H. The van der Waals surface area contributed by atoms with Crippen LogP contribution in [-0.4, -0.2) is 7.05 Å². The third kappa shape index (κ3) is 3.27. The third-order valence-electron chi connectivity index (χ3n) is 1.05. The Labute approximate surface area is 66.1 Å². The fraction of sp³-hybridized carbons (Fsp3) is 0.143. The summed E-state index contributed by atoms with van der Waals surface area (Å²) in [4.78, 5) is 1.30. The molecule has 2 heteroatoms. The van der Waals surface area contributed by atoms with Gasteiger partial charge < -0.3 is 17.0 Å². The Morgan fingerprint density at radius 3 is 1.78 bits per heavy atom. The predicted octanol–water partition coefficient (Wildman–Crippen LogP) is -2.90. The van der Waals surface area contributed by atoms with Gasteiger partial charge in [-0.3, -0.25) is 4.90 Å². The number of allylic oxidation sites excluding steroid dienone is 4. The largest absolute Gasteiger partial charge is 1.00 e. The molecule has 1 N–H and O–H groups in total. The molecule has 1 nitrogen and oxygen atoms in total. The van der Waals surface area contributed by atoms with Crippen LogP contribution in [0.4, 0.5) is 0 Å². The van der Waals surface area contributed by atoms with E-state index in [0.29, 0.717) is 0 Å². The molecule has 0 saturated heterocycles. The minimum absolute atomic E-state index is 0. The molecule has 9 heavy (non-hydrogen) atoms. The summed E-state index contributed by atoms with van der Waals surface area (Å²) in [6.07, 6.45) is 12.3. The third-order valence-corrected chi connectivity index (χ3v) is 1.05. The van der Waals surface area contributed by atoms with E-state index >= 15 is 0 Å². The van der Waals surface area contributed by atoms with E-state index in [0.717, 1.165) is 0 Å². The van der Waals surface area contributed by atoms with Crippen molar-refractivity contribution in [2.75, 3.05) is 7.05 Å². The smallest absolute Gasteiger partial charge is 0.0985 e. The van der Waals surface area contributed by atoms with Crippen LogP contribution >= 0.6 is 0 Å². The molecule has 1 aliphatic rings. The molecular weight excluding hydrogens is 178 g/mol. The zero-order chi connectivity index (χ0) is 5.82. The van der Waals surface area contributed by atoms with Gasteiger partial charge in [0, 0.05) is 0 Å². The molecule has 0 aromatic carbocycles. The summed E-state index contributed by atoms with van der Waals surface area (Å²) in [5.74, 6) is 0. The van der Waals surface area contributed by atoms with Crippen LogP contribution < -0.4 is 21.9 Å². The minimum atomic E-state index is 0. The zero-order valence-electron chi connectivity index (χ0n) is 5.34. The molecule has 0 aliphatic carbocycles. The molecule has 0 unspecified atom stereocenters. The van der Waals surface area contributed by atoms with Crippen LogP contribution in [0.2, 0.25) is 0 Å². The quantitative estimate of drug-likeness (QED) is 0.416. The van der Waals surface area contributed by atoms with Gasteiger partial charge in [-0.15, -0.1) is 0 Å². The van der Waals surface area contributed by atoms with E-state index in [1.54, 1.807) is 0 Å². The van der Waals surface area contributed by atoms with E-state index in [9.17, 15) is 0 Å². The van der Waals surface area contributed by atoms with Gasteiger partial charge in [0.2, 0.25) is 0 Å². The predicted molar refractivity (Wildman–Crippen MR) is 34.3 cm³/mol. The number of hydrogen-bond donors (Lipinski definition) is 1. The molecule has 1 rings (SSSR count). The first-order valence-corrected chi connectivity index (χ1v) is 2.74. The normalized spacial score (nSPS) is 17.0. The summed E-state index contributed by atoms with van der Waals surface area (Å²) in [6, 6.07) is 0. The van der Waals surface area contributed by atoms with Gasteiger partial charge in [0.25, 0.3) is 0 Å². The number of hydrogen-bond acceptors (Lipinski definition) is 0. The van der Waals surface area contributed by atoms with Gasteiger partial charge in [-0.2, -0.15) is 0 Å². The number of halogens is 1. The van der Waals surface area contributed by atoms with Gasteiger partial charge in [0.1, 0.15) is 0 Å². The van der Waals surface area contributed by atoms with Crippen molar-refractivity contribution in [2.24, 2.45) is 0 Å². The van der Waals surface area contributed by atoms with Gasteiger partial charge >= 0.3 is 0 Å². The van der Waals surface area contributed by atoms with Crippen LogP contribution in [0.15, 0.2) is 36.7 Å². The number of nitrogens with one attached hydrogen (secondary N) is 1. The van der Waals surface area contributed by atoms with E-state index in [2.05, 4.69) is 19.4 Å². The average molecular weight is 188 g/mol. The van der Waals surface area contributed by atoms with Gasteiger partial charge in [-0.05, 0) is 12.2 Å². The number of rotatable bonds is 0. The Morgan fingerprint density at radius 2 is 1.33 bits per heavy atom. The van der Waals surface area contributed by atoms with E-state index in [4.69, 9.17) is 0 Å². The second-order valence-electron chi connectivity index (χ2n) is 1.85. The van der Waals surface area contributed by atoms with Gasteiger partial charge in [0.15, 0.2) is 0 Å². The molecule has 0 saturated carbocycles. The van der Waals surface area contributed by atoms with Gasteiger partial charge in [-0.1, -0.05) is 12.2 Å². The first-order chi connectivity index (χ1) is 3.89. The van der Waals surface area contributed by atoms with Crippen LogP contribution in [-0.2, 0) is 0 Å². The summed E-state index contributed by atoms with van der Waals surface area (Å²) in [5.41, 5.74) is 0. The highest BCUT2D eigenvalue weighted by Crippen LogP contribution is 1.77. The average Bonchev–Trinajstić information content (AvgIpc) is 1.94. The highest BCUT2D eigenvalue weighted by molar-refractivity contribution is 5.10. The lowest BCUT2D eigenvalue weighted by atomic mass is 10.5. The highest BCUT2D eigenvalue weighted by Gasteiger charge is 1.86. The van der Waals surface area contributed by atoms with Crippen molar-refractivity contribution in [3.8, 4) is 0 Å². The second-order valence-corrected chi connectivity index (χ2v) is 1.85. The second kappa shape index (κ2) is 4.53. The molecule has 0 amide bonds. The van der Waals surface area contributed by atoms with Gasteiger partial charge in [-0.25, -0.2) is 0 Å². The fourth-order valence-electron chi connectivity index (χ4n) is 0.599. The van der Waals surface area contributed by atoms with E-state index in [1.165, 1.54) is 4.90 Å².